The molecular weight excluding hydrogens is 554 g/mol. The first-order valence-electron chi connectivity index (χ1n) is 15.1. The van der Waals surface area contributed by atoms with E-state index in [1.165, 1.54) is 10.8 Å². The Morgan fingerprint density at radius 3 is 2.55 bits per heavy atom. The average Bonchev–Trinajstić information content (AvgIpc) is 3.07. The molecule has 1 amide bonds. The molecule has 4 aromatic rings. The van der Waals surface area contributed by atoms with Crippen LogP contribution in [-0.2, 0) is 29.0 Å². The maximum atomic E-state index is 13.1. The van der Waals surface area contributed by atoms with E-state index in [1.807, 2.05) is 48.5 Å². The summed E-state index contributed by atoms with van der Waals surface area (Å²) in [5.74, 6) is -0.462. The van der Waals surface area contributed by atoms with Crippen molar-refractivity contribution in [2.75, 3.05) is 42.6 Å². The standard InChI is InChI=1S/C35H35N5O4/c1-2-43-34(41)30-21-33(29-16-18-38(23-31(29)37-30)32-14-8-12-26-11-6-7-13-28(26)32)39-19-20-40(27(22-39)15-17-36)35(42)44-24-25-9-4-3-5-10-25/h3-14,21,27H,2,15-16,18-20,22-24H2,1H3/t27-/m0/s1. The van der Waals surface area contributed by atoms with Gasteiger partial charge in [0.05, 0.1) is 37.4 Å². The summed E-state index contributed by atoms with van der Waals surface area (Å²) in [5.41, 5.74) is 5.15. The summed E-state index contributed by atoms with van der Waals surface area (Å²) in [6.07, 6.45) is 0.485. The number of esters is 1. The Labute approximate surface area is 257 Å². The van der Waals surface area contributed by atoms with Crippen LogP contribution in [0.1, 0.15) is 40.7 Å². The lowest BCUT2D eigenvalue weighted by molar-refractivity contribution is 0.0519. The van der Waals surface area contributed by atoms with E-state index in [0.717, 1.165) is 41.2 Å². The Kier molecular flexibility index (Phi) is 8.59. The second-order valence-corrected chi connectivity index (χ2v) is 11.0. The lowest BCUT2D eigenvalue weighted by Gasteiger charge is -2.42. The van der Waals surface area contributed by atoms with E-state index in [-0.39, 0.29) is 31.4 Å². The lowest BCUT2D eigenvalue weighted by atomic mass is 9.98. The van der Waals surface area contributed by atoms with Gasteiger partial charge in [-0.05, 0) is 36.4 Å². The number of benzene rings is 3. The Morgan fingerprint density at radius 2 is 1.73 bits per heavy atom. The minimum atomic E-state index is -0.462. The van der Waals surface area contributed by atoms with Crippen molar-refractivity contribution in [3.63, 3.8) is 0 Å². The normalized spacial score (nSPS) is 16.3. The van der Waals surface area contributed by atoms with Crippen LogP contribution in [0.15, 0.2) is 78.9 Å². The highest BCUT2D eigenvalue weighted by molar-refractivity contribution is 5.94. The number of pyridine rings is 1. The predicted octanol–water partition coefficient (Wildman–Crippen LogP) is 5.72. The van der Waals surface area contributed by atoms with Crippen molar-refractivity contribution < 1.29 is 19.1 Å². The summed E-state index contributed by atoms with van der Waals surface area (Å²) in [4.78, 5) is 37.0. The molecule has 1 saturated heterocycles. The number of carbonyl (C=O) groups excluding carboxylic acids is 2. The molecule has 9 nitrogen and oxygen atoms in total. The molecule has 0 N–H and O–H groups in total. The third-order valence-corrected chi connectivity index (χ3v) is 8.34. The van der Waals surface area contributed by atoms with E-state index in [4.69, 9.17) is 14.5 Å². The fraction of sp³-hybridized carbons (Fsp3) is 0.314. The van der Waals surface area contributed by atoms with E-state index >= 15 is 0 Å². The van der Waals surface area contributed by atoms with Crippen LogP contribution in [-0.4, -0.2) is 60.8 Å². The number of ether oxygens (including phenoxy) is 2. The number of nitriles is 1. The summed E-state index contributed by atoms with van der Waals surface area (Å²) in [5, 5.41) is 12.0. The molecule has 0 radical (unpaired) electrons. The first-order chi connectivity index (χ1) is 21.6. The number of aromatic nitrogens is 1. The predicted molar refractivity (Wildman–Crippen MR) is 168 cm³/mol. The topological polar surface area (TPSA) is 99.0 Å². The van der Waals surface area contributed by atoms with Gasteiger partial charge in [0.1, 0.15) is 6.61 Å². The van der Waals surface area contributed by atoms with Gasteiger partial charge in [-0.3, -0.25) is 0 Å². The van der Waals surface area contributed by atoms with Crippen molar-refractivity contribution in [2.45, 2.75) is 39.0 Å². The van der Waals surface area contributed by atoms with Gasteiger partial charge in [0.15, 0.2) is 5.69 Å². The fourth-order valence-corrected chi connectivity index (χ4v) is 6.20. The molecule has 0 bridgehead atoms. The third-order valence-electron chi connectivity index (χ3n) is 8.34. The van der Waals surface area contributed by atoms with Gasteiger partial charge in [-0.1, -0.05) is 66.7 Å². The van der Waals surface area contributed by atoms with Gasteiger partial charge in [0.2, 0.25) is 0 Å². The zero-order chi connectivity index (χ0) is 30.5. The monoisotopic (exact) mass is 589 g/mol. The van der Waals surface area contributed by atoms with Crippen LogP contribution < -0.4 is 9.80 Å². The molecule has 0 saturated carbocycles. The number of hydrogen-bond acceptors (Lipinski definition) is 8. The number of carbonyl (C=O) groups is 2. The number of piperazine rings is 1. The molecule has 3 heterocycles. The lowest BCUT2D eigenvalue weighted by Crippen LogP contribution is -2.55. The average molecular weight is 590 g/mol. The molecule has 3 aromatic carbocycles. The van der Waals surface area contributed by atoms with Gasteiger partial charge in [-0.15, -0.1) is 0 Å². The number of amides is 1. The first-order valence-corrected chi connectivity index (χ1v) is 15.1. The van der Waals surface area contributed by atoms with Crippen molar-refractivity contribution in [1.82, 2.24) is 9.88 Å². The maximum absolute atomic E-state index is 13.1. The second-order valence-electron chi connectivity index (χ2n) is 11.0. The molecule has 2 aliphatic rings. The van der Waals surface area contributed by atoms with Crippen molar-refractivity contribution in [1.29, 1.82) is 5.26 Å². The van der Waals surface area contributed by atoms with Crippen molar-refractivity contribution in [3.8, 4) is 6.07 Å². The second kappa shape index (κ2) is 13.0. The van der Waals surface area contributed by atoms with Crippen LogP contribution in [0.4, 0.5) is 16.2 Å². The minimum Gasteiger partial charge on any atom is -0.461 e. The number of anilines is 2. The Hall–Kier alpha value is -5.10. The first kappa shape index (κ1) is 29.0. The third kappa shape index (κ3) is 6.02. The van der Waals surface area contributed by atoms with E-state index < -0.39 is 12.1 Å². The summed E-state index contributed by atoms with van der Waals surface area (Å²) < 4.78 is 11.0. The number of nitrogens with zero attached hydrogens (tertiary/aromatic N) is 5. The van der Waals surface area contributed by atoms with Gasteiger partial charge in [-0.2, -0.15) is 5.26 Å². The van der Waals surface area contributed by atoms with Crippen molar-refractivity contribution >= 4 is 34.2 Å². The van der Waals surface area contributed by atoms with E-state index in [9.17, 15) is 14.9 Å². The number of fused-ring (bicyclic) bond motifs is 2. The van der Waals surface area contributed by atoms with Gasteiger partial charge in [-0.25, -0.2) is 14.6 Å². The van der Waals surface area contributed by atoms with Gasteiger partial charge >= 0.3 is 12.1 Å². The summed E-state index contributed by atoms with van der Waals surface area (Å²) >= 11 is 0. The number of rotatable bonds is 7. The molecule has 6 rings (SSSR count). The van der Waals surface area contributed by atoms with Gasteiger partial charge in [0.25, 0.3) is 0 Å². The van der Waals surface area contributed by atoms with E-state index in [0.29, 0.717) is 26.2 Å². The van der Waals surface area contributed by atoms with Crippen LogP contribution >= 0.6 is 0 Å². The molecule has 0 unspecified atom stereocenters. The molecule has 2 aliphatic heterocycles. The van der Waals surface area contributed by atoms with Crippen LogP contribution in [0.25, 0.3) is 10.8 Å². The Morgan fingerprint density at radius 1 is 0.932 bits per heavy atom. The Bertz CT molecular complexity index is 1700. The van der Waals surface area contributed by atoms with E-state index in [2.05, 4.69) is 46.2 Å². The molecule has 0 spiro atoms. The molecule has 9 heteroatoms. The largest absolute Gasteiger partial charge is 0.461 e. The fourth-order valence-electron chi connectivity index (χ4n) is 6.20. The summed E-state index contributed by atoms with van der Waals surface area (Å²) in [6, 6.07) is 27.9. The van der Waals surface area contributed by atoms with Crippen LogP contribution in [0.2, 0.25) is 0 Å². The van der Waals surface area contributed by atoms with Gasteiger partial charge in [0, 0.05) is 48.5 Å². The smallest absolute Gasteiger partial charge is 0.410 e. The quantitative estimate of drug-likeness (QED) is 0.253. The SMILES string of the molecule is CCOC(=O)c1cc(N2CCN(C(=O)OCc3ccccc3)[C@@H](CC#N)C2)c2c(n1)CN(c1cccc3ccccc13)CC2. The highest BCUT2D eigenvalue weighted by Gasteiger charge is 2.34. The molecule has 1 fully saturated rings. The summed E-state index contributed by atoms with van der Waals surface area (Å²) in [6.45, 7) is 4.93. The highest BCUT2D eigenvalue weighted by Crippen LogP contribution is 2.35. The molecule has 1 atom stereocenters. The zero-order valence-electron chi connectivity index (χ0n) is 24.8. The van der Waals surface area contributed by atoms with Crippen molar-refractivity contribution in [2.24, 2.45) is 0 Å². The molecular formula is C35H35N5O4. The summed E-state index contributed by atoms with van der Waals surface area (Å²) in [7, 11) is 0. The number of hydrogen-bond donors (Lipinski definition) is 0. The highest BCUT2D eigenvalue weighted by atomic mass is 16.6. The molecule has 1 aromatic heterocycles. The van der Waals surface area contributed by atoms with E-state index in [1.54, 1.807) is 11.8 Å². The minimum absolute atomic E-state index is 0.170. The van der Waals surface area contributed by atoms with Crippen molar-refractivity contribution in [3.05, 3.63) is 101 Å². The maximum Gasteiger partial charge on any atom is 0.410 e. The van der Waals surface area contributed by atoms with Crippen LogP contribution in [0.5, 0.6) is 0 Å². The molecule has 224 valence electrons. The molecule has 44 heavy (non-hydrogen) atoms. The Balaban J connectivity index is 1.27. The van der Waals surface area contributed by atoms with Crippen LogP contribution in [0, 0.1) is 11.3 Å². The zero-order valence-corrected chi connectivity index (χ0v) is 24.8. The van der Waals surface area contributed by atoms with Crippen LogP contribution in [0.3, 0.4) is 0 Å². The van der Waals surface area contributed by atoms with Gasteiger partial charge < -0.3 is 24.2 Å². The molecule has 0 aliphatic carbocycles.